The van der Waals surface area contributed by atoms with Gasteiger partial charge in [0, 0.05) is 17.5 Å². The van der Waals surface area contributed by atoms with E-state index in [4.69, 9.17) is 0 Å². The Kier molecular flexibility index (Phi) is 3.36. The van der Waals surface area contributed by atoms with Crippen molar-refractivity contribution in [2.75, 3.05) is 0 Å². The lowest BCUT2D eigenvalue weighted by atomic mass is 10.0. The molecule has 0 saturated heterocycles. The fourth-order valence-corrected chi connectivity index (χ4v) is 1.81. The maximum absolute atomic E-state index is 12.8. The van der Waals surface area contributed by atoms with Crippen LogP contribution in [0.15, 0.2) is 24.5 Å². The molecule has 2 rings (SSSR count). The average Bonchev–Trinajstić information content (AvgIpc) is 2.78. The summed E-state index contributed by atoms with van der Waals surface area (Å²) in [5, 5.41) is 5.91. The summed E-state index contributed by atoms with van der Waals surface area (Å²) in [6.45, 7) is 1.95. The topological polar surface area (TPSA) is 41.6 Å². The number of alkyl halides is 3. The number of aromatic amines is 1. The predicted molar refractivity (Wildman–Crippen MR) is 60.8 cm³/mol. The summed E-state index contributed by atoms with van der Waals surface area (Å²) in [6, 6.07) is 3.25. The smallest absolute Gasteiger partial charge is 0.277 e. The quantitative estimate of drug-likeness (QED) is 0.912. The highest BCUT2D eigenvalue weighted by atomic mass is 19.4. The SMILES string of the molecule is CCCc1ncccc1-c1[nH]ncc1C(F)(F)F. The number of nitrogens with zero attached hydrogens (tertiary/aromatic N) is 2. The molecule has 0 aliphatic carbocycles. The van der Waals surface area contributed by atoms with Crippen molar-refractivity contribution in [2.24, 2.45) is 0 Å². The number of rotatable bonds is 3. The van der Waals surface area contributed by atoms with Crippen molar-refractivity contribution in [3.8, 4) is 11.3 Å². The van der Waals surface area contributed by atoms with E-state index in [1.807, 2.05) is 6.92 Å². The van der Waals surface area contributed by atoms with E-state index in [-0.39, 0.29) is 5.69 Å². The van der Waals surface area contributed by atoms with Crippen molar-refractivity contribution in [3.63, 3.8) is 0 Å². The lowest BCUT2D eigenvalue weighted by molar-refractivity contribution is -0.137. The summed E-state index contributed by atoms with van der Waals surface area (Å²) < 4.78 is 38.4. The molecule has 18 heavy (non-hydrogen) atoms. The van der Waals surface area contributed by atoms with E-state index in [0.29, 0.717) is 17.7 Å². The maximum Gasteiger partial charge on any atom is 0.420 e. The van der Waals surface area contributed by atoms with Crippen LogP contribution >= 0.6 is 0 Å². The third-order valence-electron chi connectivity index (χ3n) is 2.59. The van der Waals surface area contributed by atoms with Gasteiger partial charge in [0.25, 0.3) is 0 Å². The van der Waals surface area contributed by atoms with E-state index in [9.17, 15) is 13.2 Å². The Balaban J connectivity index is 2.53. The molecule has 0 atom stereocenters. The van der Waals surface area contributed by atoms with Crippen molar-refractivity contribution in [1.82, 2.24) is 15.2 Å². The van der Waals surface area contributed by atoms with E-state index in [0.717, 1.165) is 12.6 Å². The summed E-state index contributed by atoms with van der Waals surface area (Å²) in [7, 11) is 0. The van der Waals surface area contributed by atoms with Crippen LogP contribution in [0.1, 0.15) is 24.6 Å². The average molecular weight is 255 g/mol. The number of aromatic nitrogens is 3. The Hall–Kier alpha value is -1.85. The third kappa shape index (κ3) is 2.37. The van der Waals surface area contributed by atoms with Gasteiger partial charge in [0.15, 0.2) is 0 Å². The molecule has 0 aromatic carbocycles. The first kappa shape index (κ1) is 12.6. The van der Waals surface area contributed by atoms with Gasteiger partial charge in [-0.05, 0) is 18.6 Å². The molecule has 0 amide bonds. The molecule has 0 radical (unpaired) electrons. The second kappa shape index (κ2) is 4.80. The van der Waals surface area contributed by atoms with Gasteiger partial charge in [0.05, 0.1) is 11.9 Å². The molecular formula is C12H12F3N3. The molecule has 1 N–H and O–H groups in total. The first-order chi connectivity index (χ1) is 8.54. The number of hydrogen-bond donors (Lipinski definition) is 1. The van der Waals surface area contributed by atoms with Crippen LogP contribution in [0.3, 0.4) is 0 Å². The minimum absolute atomic E-state index is 0.0148. The van der Waals surface area contributed by atoms with Gasteiger partial charge >= 0.3 is 6.18 Å². The van der Waals surface area contributed by atoms with Crippen LogP contribution in [0.2, 0.25) is 0 Å². The number of halogens is 3. The predicted octanol–water partition coefficient (Wildman–Crippen LogP) is 3.44. The number of hydrogen-bond acceptors (Lipinski definition) is 2. The van der Waals surface area contributed by atoms with E-state index in [1.54, 1.807) is 18.3 Å². The van der Waals surface area contributed by atoms with Gasteiger partial charge in [0.2, 0.25) is 0 Å². The van der Waals surface area contributed by atoms with Gasteiger partial charge in [-0.15, -0.1) is 0 Å². The molecule has 0 fully saturated rings. The molecule has 2 aromatic heterocycles. The highest BCUT2D eigenvalue weighted by Crippen LogP contribution is 2.36. The number of nitrogens with one attached hydrogen (secondary N) is 1. The van der Waals surface area contributed by atoms with Crippen molar-refractivity contribution in [3.05, 3.63) is 35.8 Å². The number of H-pyrrole nitrogens is 1. The van der Waals surface area contributed by atoms with Crippen LogP contribution in [0.5, 0.6) is 0 Å². The molecule has 0 aliphatic rings. The van der Waals surface area contributed by atoms with Gasteiger partial charge in [-0.1, -0.05) is 13.3 Å². The van der Waals surface area contributed by atoms with Gasteiger partial charge in [-0.3, -0.25) is 10.1 Å². The Labute approximate surface area is 102 Å². The molecule has 0 spiro atoms. The molecule has 0 saturated carbocycles. The van der Waals surface area contributed by atoms with E-state index in [2.05, 4.69) is 15.2 Å². The molecule has 3 nitrogen and oxygen atoms in total. The monoisotopic (exact) mass is 255 g/mol. The highest BCUT2D eigenvalue weighted by molar-refractivity contribution is 5.65. The second-order valence-corrected chi connectivity index (χ2v) is 3.90. The third-order valence-corrected chi connectivity index (χ3v) is 2.59. The number of aryl methyl sites for hydroxylation is 1. The summed E-state index contributed by atoms with van der Waals surface area (Å²) in [5.74, 6) is 0. The maximum atomic E-state index is 12.8. The minimum atomic E-state index is -4.42. The van der Waals surface area contributed by atoms with Crippen LogP contribution in [-0.2, 0) is 12.6 Å². The van der Waals surface area contributed by atoms with Crippen LogP contribution in [0.4, 0.5) is 13.2 Å². The largest absolute Gasteiger partial charge is 0.420 e. The van der Waals surface area contributed by atoms with Gasteiger partial charge < -0.3 is 0 Å². The van der Waals surface area contributed by atoms with E-state index >= 15 is 0 Å². The molecular weight excluding hydrogens is 243 g/mol. The minimum Gasteiger partial charge on any atom is -0.277 e. The summed E-state index contributed by atoms with van der Waals surface area (Å²) >= 11 is 0. The molecule has 0 unspecified atom stereocenters. The zero-order valence-electron chi connectivity index (χ0n) is 9.75. The standard InChI is InChI=1S/C12H12F3N3/c1-2-4-10-8(5-3-6-16-10)11-9(7-17-18-11)12(13,14)15/h3,5-7H,2,4H2,1H3,(H,17,18). The highest BCUT2D eigenvalue weighted by Gasteiger charge is 2.35. The number of pyridine rings is 1. The molecule has 2 aromatic rings. The summed E-state index contributed by atoms with van der Waals surface area (Å²) in [6.07, 6.45) is -0.580. The molecule has 6 heteroatoms. The van der Waals surface area contributed by atoms with Crippen LogP contribution in [0, 0.1) is 0 Å². The van der Waals surface area contributed by atoms with Crippen molar-refractivity contribution >= 4 is 0 Å². The van der Waals surface area contributed by atoms with Gasteiger partial charge in [-0.2, -0.15) is 18.3 Å². The van der Waals surface area contributed by atoms with Crippen molar-refractivity contribution < 1.29 is 13.2 Å². The van der Waals surface area contributed by atoms with Crippen LogP contribution in [0.25, 0.3) is 11.3 Å². The van der Waals surface area contributed by atoms with Crippen molar-refractivity contribution in [1.29, 1.82) is 0 Å². The van der Waals surface area contributed by atoms with Gasteiger partial charge in [0.1, 0.15) is 5.56 Å². The molecule has 2 heterocycles. The molecule has 96 valence electrons. The normalized spacial score (nSPS) is 11.8. The van der Waals surface area contributed by atoms with Crippen LogP contribution < -0.4 is 0 Å². The lowest BCUT2D eigenvalue weighted by Gasteiger charge is -2.10. The molecule has 0 aliphatic heterocycles. The summed E-state index contributed by atoms with van der Waals surface area (Å²) in [5.41, 5.74) is 0.339. The van der Waals surface area contributed by atoms with Crippen LogP contribution in [-0.4, -0.2) is 15.2 Å². The Morgan fingerprint density at radius 2 is 2.11 bits per heavy atom. The first-order valence-corrected chi connectivity index (χ1v) is 5.59. The second-order valence-electron chi connectivity index (χ2n) is 3.90. The fourth-order valence-electron chi connectivity index (χ4n) is 1.81. The Morgan fingerprint density at radius 1 is 1.33 bits per heavy atom. The Bertz CT molecular complexity index is 531. The Morgan fingerprint density at radius 3 is 2.78 bits per heavy atom. The van der Waals surface area contributed by atoms with Gasteiger partial charge in [-0.25, -0.2) is 0 Å². The summed E-state index contributed by atoms with van der Waals surface area (Å²) in [4.78, 5) is 4.13. The van der Waals surface area contributed by atoms with E-state index < -0.39 is 11.7 Å². The van der Waals surface area contributed by atoms with Crippen molar-refractivity contribution in [2.45, 2.75) is 25.9 Å². The lowest BCUT2D eigenvalue weighted by Crippen LogP contribution is -2.06. The zero-order chi connectivity index (χ0) is 13.2. The fraction of sp³-hybridized carbons (Fsp3) is 0.333. The zero-order valence-corrected chi connectivity index (χ0v) is 9.75. The first-order valence-electron chi connectivity index (χ1n) is 5.59. The molecule has 0 bridgehead atoms. The van der Waals surface area contributed by atoms with E-state index in [1.165, 1.54) is 0 Å².